The molecule has 0 radical (unpaired) electrons. The first-order chi connectivity index (χ1) is 9.32. The van der Waals surface area contributed by atoms with Crippen LogP contribution in [0.15, 0.2) is 24.3 Å². The fourth-order valence-corrected chi connectivity index (χ4v) is 2.95. The van der Waals surface area contributed by atoms with Crippen molar-refractivity contribution in [3.63, 3.8) is 0 Å². The van der Waals surface area contributed by atoms with Crippen molar-refractivity contribution in [1.29, 1.82) is 0 Å². The Kier molecular flexibility index (Phi) is 4.40. The van der Waals surface area contributed by atoms with Crippen LogP contribution in [0.3, 0.4) is 0 Å². The first-order valence-corrected chi connectivity index (χ1v) is 7.43. The Hall–Kier alpha value is -1.06. The standard InChI is InChI=1S/C16H22ClNO2/c1-11(19)12-7-8-18(10-12)15(20)16(2,3)13-5-4-6-14(17)9-13/h4-6,9,11-12,19H,7-8,10H2,1-3H3. The lowest BCUT2D eigenvalue weighted by atomic mass is 9.83. The van der Waals surface area contributed by atoms with Gasteiger partial charge in [0.1, 0.15) is 0 Å². The highest BCUT2D eigenvalue weighted by molar-refractivity contribution is 6.30. The Bertz CT molecular complexity index is 499. The highest BCUT2D eigenvalue weighted by atomic mass is 35.5. The molecule has 1 aliphatic heterocycles. The molecule has 0 bridgehead atoms. The average Bonchev–Trinajstić information content (AvgIpc) is 2.87. The number of carbonyl (C=O) groups excluding carboxylic acids is 1. The highest BCUT2D eigenvalue weighted by Crippen LogP contribution is 2.30. The number of hydrogen-bond donors (Lipinski definition) is 1. The molecule has 1 fully saturated rings. The number of rotatable bonds is 3. The molecule has 2 atom stereocenters. The van der Waals surface area contributed by atoms with Crippen LogP contribution in [0.25, 0.3) is 0 Å². The number of amides is 1. The van der Waals surface area contributed by atoms with Gasteiger partial charge in [-0.25, -0.2) is 0 Å². The van der Waals surface area contributed by atoms with Crippen molar-refractivity contribution in [3.05, 3.63) is 34.9 Å². The number of aliphatic hydroxyl groups is 1. The van der Waals surface area contributed by atoms with Crippen molar-refractivity contribution in [2.24, 2.45) is 5.92 Å². The van der Waals surface area contributed by atoms with Crippen molar-refractivity contribution in [3.8, 4) is 0 Å². The number of carbonyl (C=O) groups is 1. The summed E-state index contributed by atoms with van der Waals surface area (Å²) < 4.78 is 0. The maximum atomic E-state index is 12.7. The molecule has 1 saturated heterocycles. The predicted molar refractivity (Wildman–Crippen MR) is 80.8 cm³/mol. The lowest BCUT2D eigenvalue weighted by Crippen LogP contribution is -2.42. The number of aliphatic hydroxyl groups excluding tert-OH is 1. The van der Waals surface area contributed by atoms with Gasteiger partial charge in [0.15, 0.2) is 0 Å². The maximum Gasteiger partial charge on any atom is 0.232 e. The summed E-state index contributed by atoms with van der Waals surface area (Å²) in [6.07, 6.45) is 0.511. The third kappa shape index (κ3) is 2.99. The zero-order valence-corrected chi connectivity index (χ0v) is 13.0. The summed E-state index contributed by atoms with van der Waals surface area (Å²) in [6, 6.07) is 7.47. The van der Waals surface area contributed by atoms with Gasteiger partial charge in [0.2, 0.25) is 5.91 Å². The molecule has 1 N–H and O–H groups in total. The summed E-state index contributed by atoms with van der Waals surface area (Å²) >= 11 is 6.02. The zero-order chi connectivity index (χ0) is 14.9. The minimum absolute atomic E-state index is 0.0999. The third-order valence-electron chi connectivity index (χ3n) is 4.28. The number of hydrogen-bond acceptors (Lipinski definition) is 2. The lowest BCUT2D eigenvalue weighted by molar-refractivity contribution is -0.135. The molecule has 0 saturated carbocycles. The van der Waals surface area contributed by atoms with Gasteiger partial charge in [-0.05, 0) is 44.9 Å². The topological polar surface area (TPSA) is 40.5 Å². The number of nitrogens with zero attached hydrogens (tertiary/aromatic N) is 1. The van der Waals surface area contributed by atoms with E-state index >= 15 is 0 Å². The van der Waals surface area contributed by atoms with Crippen molar-refractivity contribution in [2.45, 2.75) is 38.7 Å². The van der Waals surface area contributed by atoms with Crippen molar-refractivity contribution in [2.75, 3.05) is 13.1 Å². The lowest BCUT2D eigenvalue weighted by Gasteiger charge is -2.30. The van der Waals surface area contributed by atoms with Gasteiger partial charge in [-0.1, -0.05) is 23.7 Å². The van der Waals surface area contributed by atoms with Gasteiger partial charge in [-0.3, -0.25) is 4.79 Å². The Morgan fingerprint density at radius 2 is 2.20 bits per heavy atom. The Labute approximate surface area is 125 Å². The van der Waals surface area contributed by atoms with Gasteiger partial charge in [0.05, 0.1) is 11.5 Å². The number of benzene rings is 1. The molecule has 2 unspecified atom stereocenters. The second-order valence-electron chi connectivity index (χ2n) is 6.18. The molecule has 4 heteroatoms. The number of likely N-dealkylation sites (tertiary alicyclic amines) is 1. The van der Waals surface area contributed by atoms with Crippen LogP contribution in [0.4, 0.5) is 0 Å². The Morgan fingerprint density at radius 3 is 2.75 bits per heavy atom. The summed E-state index contributed by atoms with van der Waals surface area (Å²) in [6.45, 7) is 7.01. The summed E-state index contributed by atoms with van der Waals surface area (Å²) in [5, 5.41) is 10.3. The molecule has 1 amide bonds. The van der Waals surface area contributed by atoms with E-state index in [1.54, 1.807) is 6.92 Å². The average molecular weight is 296 g/mol. The first kappa shape index (κ1) is 15.3. The smallest absolute Gasteiger partial charge is 0.232 e. The normalized spacial score (nSPS) is 21.1. The van der Waals surface area contributed by atoms with Crippen LogP contribution < -0.4 is 0 Å². The van der Waals surface area contributed by atoms with Crippen LogP contribution in [0.2, 0.25) is 5.02 Å². The number of halogens is 1. The van der Waals surface area contributed by atoms with Crippen LogP contribution >= 0.6 is 11.6 Å². The van der Waals surface area contributed by atoms with Crippen molar-refractivity contribution >= 4 is 17.5 Å². The minimum atomic E-state index is -0.599. The molecular formula is C16H22ClNO2. The molecular weight excluding hydrogens is 274 g/mol. The fraction of sp³-hybridized carbons (Fsp3) is 0.562. The quantitative estimate of drug-likeness (QED) is 0.931. The van der Waals surface area contributed by atoms with Crippen LogP contribution in [0.1, 0.15) is 32.8 Å². The first-order valence-electron chi connectivity index (χ1n) is 7.06. The van der Waals surface area contributed by atoms with Gasteiger partial charge in [0.25, 0.3) is 0 Å². The molecule has 20 heavy (non-hydrogen) atoms. The van der Waals surface area contributed by atoms with Gasteiger partial charge < -0.3 is 10.0 Å². The third-order valence-corrected chi connectivity index (χ3v) is 4.51. The largest absolute Gasteiger partial charge is 0.393 e. The molecule has 1 aromatic carbocycles. The van der Waals surface area contributed by atoms with E-state index < -0.39 is 5.41 Å². The second kappa shape index (κ2) is 5.74. The fourth-order valence-electron chi connectivity index (χ4n) is 2.76. The van der Waals surface area contributed by atoms with E-state index in [-0.39, 0.29) is 17.9 Å². The van der Waals surface area contributed by atoms with Crippen LogP contribution in [0.5, 0.6) is 0 Å². The van der Waals surface area contributed by atoms with E-state index in [9.17, 15) is 9.90 Å². The second-order valence-corrected chi connectivity index (χ2v) is 6.61. The molecule has 110 valence electrons. The summed E-state index contributed by atoms with van der Waals surface area (Å²) in [5.74, 6) is 0.289. The molecule has 0 aromatic heterocycles. The maximum absolute atomic E-state index is 12.7. The monoisotopic (exact) mass is 295 g/mol. The van der Waals surface area contributed by atoms with Gasteiger partial charge in [-0.15, -0.1) is 0 Å². The minimum Gasteiger partial charge on any atom is -0.393 e. The van der Waals surface area contributed by atoms with Crippen LogP contribution in [0, 0.1) is 5.92 Å². The molecule has 1 aliphatic rings. The highest BCUT2D eigenvalue weighted by Gasteiger charge is 2.38. The van der Waals surface area contributed by atoms with Crippen LogP contribution in [-0.4, -0.2) is 35.1 Å². The summed E-state index contributed by atoms with van der Waals surface area (Å²) in [4.78, 5) is 14.6. The molecule has 0 spiro atoms. The Balaban J connectivity index is 2.16. The van der Waals surface area contributed by atoms with Crippen LogP contribution in [-0.2, 0) is 10.2 Å². The summed E-state index contributed by atoms with van der Waals surface area (Å²) in [5.41, 5.74) is 0.328. The zero-order valence-electron chi connectivity index (χ0n) is 12.3. The van der Waals surface area contributed by atoms with Gasteiger partial charge in [-0.2, -0.15) is 0 Å². The van der Waals surface area contributed by atoms with E-state index in [2.05, 4.69) is 0 Å². The van der Waals surface area contributed by atoms with E-state index in [0.717, 1.165) is 18.5 Å². The predicted octanol–water partition coefficient (Wildman–Crippen LogP) is 2.85. The van der Waals surface area contributed by atoms with Gasteiger partial charge in [0, 0.05) is 24.0 Å². The molecule has 1 heterocycles. The molecule has 0 aliphatic carbocycles. The van der Waals surface area contributed by atoms with E-state index in [0.29, 0.717) is 11.6 Å². The molecule has 1 aromatic rings. The Morgan fingerprint density at radius 1 is 1.50 bits per heavy atom. The van der Waals surface area contributed by atoms with E-state index in [1.807, 2.05) is 43.0 Å². The summed E-state index contributed by atoms with van der Waals surface area (Å²) in [7, 11) is 0. The van der Waals surface area contributed by atoms with E-state index in [1.165, 1.54) is 0 Å². The van der Waals surface area contributed by atoms with Crippen molar-refractivity contribution in [1.82, 2.24) is 4.90 Å². The SMILES string of the molecule is CC(O)C1CCN(C(=O)C(C)(C)c2cccc(Cl)c2)C1. The van der Waals surface area contributed by atoms with Crippen molar-refractivity contribution < 1.29 is 9.90 Å². The molecule has 2 rings (SSSR count). The van der Waals surface area contributed by atoms with E-state index in [4.69, 9.17) is 11.6 Å². The molecule has 3 nitrogen and oxygen atoms in total. The van der Waals surface area contributed by atoms with Gasteiger partial charge >= 0.3 is 0 Å².